The lowest BCUT2D eigenvalue weighted by atomic mass is 10.1. The third kappa shape index (κ3) is 7.67. The van der Waals surface area contributed by atoms with Gasteiger partial charge in [-0.05, 0) is 66.7 Å². The number of urea groups is 1. The van der Waals surface area contributed by atoms with Gasteiger partial charge in [-0.15, -0.1) is 0 Å². The van der Waals surface area contributed by atoms with Gasteiger partial charge in [-0.25, -0.2) is 17.9 Å². The molecule has 0 aliphatic carbocycles. The van der Waals surface area contributed by atoms with Crippen molar-refractivity contribution in [2.75, 3.05) is 16.0 Å². The zero-order chi connectivity index (χ0) is 30.1. The first-order valence-corrected chi connectivity index (χ1v) is 14.7. The minimum atomic E-state index is -4.35. The van der Waals surface area contributed by atoms with Crippen LogP contribution in [0.5, 0.6) is 0 Å². The molecule has 0 saturated heterocycles. The Morgan fingerprint density at radius 3 is 1.84 bits per heavy atom. The van der Waals surface area contributed by atoms with E-state index in [-0.39, 0.29) is 16.1 Å². The van der Waals surface area contributed by atoms with Gasteiger partial charge in [-0.1, -0.05) is 78.6 Å². The van der Waals surface area contributed by atoms with Gasteiger partial charge in [0.15, 0.2) is 0 Å². The average Bonchev–Trinajstić information content (AvgIpc) is 3.01. The minimum absolute atomic E-state index is 0.00566. The molecule has 0 fully saturated rings. The van der Waals surface area contributed by atoms with Crippen molar-refractivity contribution in [1.82, 2.24) is 4.72 Å². The number of amides is 3. The number of para-hydroxylation sites is 3. The first-order valence-electron chi connectivity index (χ1n) is 13.2. The van der Waals surface area contributed by atoms with Crippen molar-refractivity contribution in [3.05, 3.63) is 150 Å². The maximum Gasteiger partial charge on any atom is 0.333 e. The Hall–Kier alpha value is -5.85. The molecule has 5 aromatic carbocycles. The Balaban J connectivity index is 1.41. The Morgan fingerprint density at radius 1 is 0.558 bits per heavy atom. The van der Waals surface area contributed by atoms with Crippen molar-refractivity contribution < 1.29 is 18.0 Å². The van der Waals surface area contributed by atoms with Crippen LogP contribution in [0.3, 0.4) is 0 Å². The molecule has 43 heavy (non-hydrogen) atoms. The van der Waals surface area contributed by atoms with Crippen molar-refractivity contribution >= 4 is 44.7 Å². The summed E-state index contributed by atoms with van der Waals surface area (Å²) < 4.78 is 28.3. The summed E-state index contributed by atoms with van der Waals surface area (Å²) in [6.45, 7) is 0. The van der Waals surface area contributed by atoms with Crippen LogP contribution in [0, 0.1) is 11.8 Å². The minimum Gasteiger partial charge on any atom is -0.355 e. The molecule has 5 aromatic rings. The number of carbonyl (C=O) groups excluding carboxylic acids is 2. The van der Waals surface area contributed by atoms with E-state index in [0.717, 1.165) is 11.3 Å². The summed E-state index contributed by atoms with van der Waals surface area (Å²) in [5.74, 6) is 5.67. The summed E-state index contributed by atoms with van der Waals surface area (Å²) in [5.41, 5.74) is 3.45. The SMILES string of the molecule is O=C(Nc1ccccc1)NS(=O)(=O)c1ccccc1NC(=O)c1ccc(C#Cc2ccccc2)cc1Nc1ccccc1. The van der Waals surface area contributed by atoms with Crippen LogP contribution in [0.1, 0.15) is 21.5 Å². The van der Waals surface area contributed by atoms with Gasteiger partial charge in [0.1, 0.15) is 4.90 Å². The maximum atomic E-state index is 13.6. The number of hydrogen-bond acceptors (Lipinski definition) is 5. The second kappa shape index (κ2) is 13.2. The number of anilines is 4. The topological polar surface area (TPSA) is 116 Å². The second-order valence-electron chi connectivity index (χ2n) is 9.24. The van der Waals surface area contributed by atoms with Crippen molar-refractivity contribution in [3.63, 3.8) is 0 Å². The molecule has 0 spiro atoms. The molecule has 0 aliphatic rings. The van der Waals surface area contributed by atoms with Crippen LogP contribution in [0.25, 0.3) is 0 Å². The van der Waals surface area contributed by atoms with E-state index in [1.165, 1.54) is 18.2 Å². The summed E-state index contributed by atoms with van der Waals surface area (Å²) in [6.07, 6.45) is 0. The van der Waals surface area contributed by atoms with E-state index in [1.54, 1.807) is 54.6 Å². The first kappa shape index (κ1) is 28.7. The van der Waals surface area contributed by atoms with Crippen molar-refractivity contribution in [1.29, 1.82) is 0 Å². The monoisotopic (exact) mass is 586 g/mol. The first-order chi connectivity index (χ1) is 20.9. The van der Waals surface area contributed by atoms with E-state index < -0.39 is 22.0 Å². The normalized spacial score (nSPS) is 10.5. The van der Waals surface area contributed by atoms with Gasteiger partial charge >= 0.3 is 6.03 Å². The van der Waals surface area contributed by atoms with Crippen molar-refractivity contribution in [2.24, 2.45) is 0 Å². The van der Waals surface area contributed by atoms with Crippen LogP contribution < -0.4 is 20.7 Å². The number of benzene rings is 5. The number of carbonyl (C=O) groups is 2. The largest absolute Gasteiger partial charge is 0.355 e. The molecule has 4 N–H and O–H groups in total. The number of nitrogens with one attached hydrogen (secondary N) is 4. The van der Waals surface area contributed by atoms with Crippen LogP contribution in [0.2, 0.25) is 0 Å². The highest BCUT2D eigenvalue weighted by Gasteiger charge is 2.23. The standard InChI is InChI=1S/C34H26N4O4S/c39-33(37-30-18-10-11-19-32(30)43(41,42)38-34(40)36-28-16-8-3-9-17-28)29-23-22-26(21-20-25-12-4-1-5-13-25)24-31(29)35-27-14-6-2-7-15-27/h1-19,22-24,35H,(H,37,39)(H2,36,38,40). The highest BCUT2D eigenvalue weighted by molar-refractivity contribution is 7.90. The van der Waals surface area contributed by atoms with Crippen LogP contribution in [0.15, 0.2) is 138 Å². The molecule has 5 rings (SSSR count). The molecule has 0 aromatic heterocycles. The summed E-state index contributed by atoms with van der Waals surface area (Å²) in [7, 11) is -4.35. The summed E-state index contributed by atoms with van der Waals surface area (Å²) in [5, 5.41) is 8.43. The average molecular weight is 587 g/mol. The van der Waals surface area contributed by atoms with Gasteiger partial charge in [-0.2, -0.15) is 0 Å². The fourth-order valence-electron chi connectivity index (χ4n) is 4.12. The molecule has 9 heteroatoms. The fourth-order valence-corrected chi connectivity index (χ4v) is 5.19. The van der Waals surface area contributed by atoms with E-state index in [9.17, 15) is 18.0 Å². The molecule has 3 amide bonds. The Kier molecular flexibility index (Phi) is 8.81. The van der Waals surface area contributed by atoms with Crippen LogP contribution in [-0.4, -0.2) is 20.4 Å². The molecule has 0 aliphatic heterocycles. The van der Waals surface area contributed by atoms with Crippen LogP contribution in [0.4, 0.5) is 27.5 Å². The van der Waals surface area contributed by atoms with Gasteiger partial charge in [0.2, 0.25) is 0 Å². The molecular formula is C34H26N4O4S. The molecular weight excluding hydrogens is 560 g/mol. The summed E-state index contributed by atoms with van der Waals surface area (Å²) >= 11 is 0. The molecule has 0 bridgehead atoms. The molecule has 0 saturated carbocycles. The number of rotatable bonds is 7. The molecule has 0 atom stereocenters. The van der Waals surface area contributed by atoms with Gasteiger partial charge in [-0.3, -0.25) is 4.79 Å². The van der Waals surface area contributed by atoms with Crippen LogP contribution in [-0.2, 0) is 10.0 Å². The third-order valence-corrected chi connectivity index (χ3v) is 7.51. The molecule has 0 heterocycles. The quantitative estimate of drug-likeness (QED) is 0.161. The lowest BCUT2D eigenvalue weighted by Gasteiger charge is -2.15. The van der Waals surface area contributed by atoms with E-state index in [4.69, 9.17) is 0 Å². The van der Waals surface area contributed by atoms with E-state index in [1.807, 2.05) is 65.4 Å². The molecule has 212 valence electrons. The lowest BCUT2D eigenvalue weighted by molar-refractivity contribution is 0.102. The molecule has 0 radical (unpaired) electrons. The highest BCUT2D eigenvalue weighted by Crippen LogP contribution is 2.26. The van der Waals surface area contributed by atoms with Crippen molar-refractivity contribution in [3.8, 4) is 11.8 Å². The third-order valence-electron chi connectivity index (χ3n) is 6.13. The number of hydrogen-bond donors (Lipinski definition) is 4. The highest BCUT2D eigenvalue weighted by atomic mass is 32.2. The Labute approximate surface area is 249 Å². The van der Waals surface area contributed by atoms with E-state index in [2.05, 4.69) is 27.8 Å². The number of sulfonamides is 1. The van der Waals surface area contributed by atoms with Gasteiger partial charge in [0.25, 0.3) is 15.9 Å². The zero-order valence-corrected chi connectivity index (χ0v) is 23.6. The predicted octanol–water partition coefficient (Wildman–Crippen LogP) is 6.59. The Morgan fingerprint density at radius 2 is 1.14 bits per heavy atom. The van der Waals surface area contributed by atoms with Gasteiger partial charge in [0.05, 0.1) is 16.9 Å². The summed E-state index contributed by atoms with van der Waals surface area (Å²) in [4.78, 5) is 25.8. The Bertz CT molecular complexity index is 1920. The zero-order valence-electron chi connectivity index (χ0n) is 22.7. The maximum absolute atomic E-state index is 13.6. The van der Waals surface area contributed by atoms with E-state index in [0.29, 0.717) is 16.9 Å². The lowest BCUT2D eigenvalue weighted by Crippen LogP contribution is -2.34. The molecule has 0 unspecified atom stereocenters. The smallest absolute Gasteiger partial charge is 0.333 e. The summed E-state index contributed by atoms with van der Waals surface area (Å²) in [6, 6.07) is 37.3. The van der Waals surface area contributed by atoms with Gasteiger partial charge < -0.3 is 16.0 Å². The fraction of sp³-hybridized carbons (Fsp3) is 0. The molecule has 8 nitrogen and oxygen atoms in total. The van der Waals surface area contributed by atoms with Gasteiger partial charge in [0, 0.05) is 22.5 Å². The predicted molar refractivity (Wildman–Crippen MR) is 169 cm³/mol. The second-order valence-corrected chi connectivity index (χ2v) is 10.9. The van der Waals surface area contributed by atoms with Crippen LogP contribution >= 0.6 is 0 Å². The van der Waals surface area contributed by atoms with E-state index >= 15 is 0 Å². The van der Waals surface area contributed by atoms with Crippen molar-refractivity contribution in [2.45, 2.75) is 4.90 Å².